The standard InChI is InChI=1S/C18H21FN2O/c1-18(2,3)17(22)21-16-9-5-8-15(11-16)20-12-13-6-4-7-14(19)10-13/h4-11,20H,12H2,1-3H3,(H,21,22). The van der Waals surface area contributed by atoms with Crippen LogP contribution in [0, 0.1) is 11.2 Å². The fourth-order valence-corrected chi connectivity index (χ4v) is 1.88. The number of hydrogen-bond donors (Lipinski definition) is 2. The first kappa shape index (κ1) is 16.0. The highest BCUT2D eigenvalue weighted by atomic mass is 19.1. The van der Waals surface area contributed by atoms with Gasteiger partial charge < -0.3 is 10.6 Å². The Kier molecular flexibility index (Phi) is 4.81. The van der Waals surface area contributed by atoms with Gasteiger partial charge in [0.2, 0.25) is 5.91 Å². The summed E-state index contributed by atoms with van der Waals surface area (Å²) in [5, 5.41) is 6.11. The van der Waals surface area contributed by atoms with E-state index < -0.39 is 5.41 Å². The summed E-state index contributed by atoms with van der Waals surface area (Å²) in [6.07, 6.45) is 0. The van der Waals surface area contributed by atoms with Gasteiger partial charge in [-0.3, -0.25) is 4.79 Å². The van der Waals surface area contributed by atoms with E-state index in [9.17, 15) is 9.18 Å². The molecule has 0 atom stereocenters. The molecule has 0 fully saturated rings. The van der Waals surface area contributed by atoms with Crippen LogP contribution in [0.4, 0.5) is 15.8 Å². The van der Waals surface area contributed by atoms with Crippen LogP contribution in [0.1, 0.15) is 26.3 Å². The second-order valence-corrected chi connectivity index (χ2v) is 6.27. The van der Waals surface area contributed by atoms with Crippen molar-refractivity contribution in [3.63, 3.8) is 0 Å². The lowest BCUT2D eigenvalue weighted by molar-refractivity contribution is -0.123. The lowest BCUT2D eigenvalue weighted by atomic mass is 9.95. The van der Waals surface area contributed by atoms with Crippen LogP contribution in [0.5, 0.6) is 0 Å². The molecule has 0 aliphatic heterocycles. The zero-order chi connectivity index (χ0) is 16.2. The normalized spacial score (nSPS) is 11.1. The van der Waals surface area contributed by atoms with Gasteiger partial charge in [-0.25, -0.2) is 4.39 Å². The van der Waals surface area contributed by atoms with Crippen molar-refractivity contribution in [2.75, 3.05) is 10.6 Å². The third-order valence-corrected chi connectivity index (χ3v) is 3.19. The van der Waals surface area contributed by atoms with E-state index in [2.05, 4.69) is 10.6 Å². The van der Waals surface area contributed by atoms with E-state index in [4.69, 9.17) is 0 Å². The number of halogens is 1. The zero-order valence-corrected chi connectivity index (χ0v) is 13.1. The highest BCUT2D eigenvalue weighted by Crippen LogP contribution is 2.20. The fourth-order valence-electron chi connectivity index (χ4n) is 1.88. The molecule has 116 valence electrons. The molecule has 3 nitrogen and oxygen atoms in total. The van der Waals surface area contributed by atoms with E-state index in [1.165, 1.54) is 12.1 Å². The summed E-state index contributed by atoms with van der Waals surface area (Å²) in [6.45, 7) is 6.13. The van der Waals surface area contributed by atoms with E-state index in [-0.39, 0.29) is 11.7 Å². The lowest BCUT2D eigenvalue weighted by Gasteiger charge is -2.18. The van der Waals surface area contributed by atoms with Crippen molar-refractivity contribution < 1.29 is 9.18 Å². The Bertz CT molecular complexity index is 662. The van der Waals surface area contributed by atoms with Crippen molar-refractivity contribution >= 4 is 17.3 Å². The summed E-state index contributed by atoms with van der Waals surface area (Å²) in [7, 11) is 0. The molecule has 2 aromatic rings. The molecule has 0 aliphatic carbocycles. The Balaban J connectivity index is 2.01. The summed E-state index contributed by atoms with van der Waals surface area (Å²) >= 11 is 0. The number of amides is 1. The van der Waals surface area contributed by atoms with Crippen molar-refractivity contribution in [2.24, 2.45) is 5.41 Å². The largest absolute Gasteiger partial charge is 0.381 e. The van der Waals surface area contributed by atoms with E-state index in [1.807, 2.05) is 51.1 Å². The maximum absolute atomic E-state index is 13.1. The van der Waals surface area contributed by atoms with Crippen LogP contribution in [-0.2, 0) is 11.3 Å². The molecule has 2 N–H and O–H groups in total. The predicted octanol–water partition coefficient (Wildman–Crippen LogP) is 4.42. The van der Waals surface area contributed by atoms with Gasteiger partial charge in [0, 0.05) is 23.3 Å². The zero-order valence-electron chi connectivity index (χ0n) is 13.1. The minimum Gasteiger partial charge on any atom is -0.381 e. The Morgan fingerprint density at radius 1 is 1.05 bits per heavy atom. The number of hydrogen-bond acceptors (Lipinski definition) is 2. The van der Waals surface area contributed by atoms with Crippen molar-refractivity contribution in [2.45, 2.75) is 27.3 Å². The summed E-state index contributed by atoms with van der Waals surface area (Å²) < 4.78 is 13.1. The Morgan fingerprint density at radius 2 is 1.73 bits per heavy atom. The van der Waals surface area contributed by atoms with E-state index in [0.717, 1.165) is 16.9 Å². The average molecular weight is 300 g/mol. The molecule has 2 aromatic carbocycles. The molecule has 22 heavy (non-hydrogen) atoms. The lowest BCUT2D eigenvalue weighted by Crippen LogP contribution is -2.27. The second-order valence-electron chi connectivity index (χ2n) is 6.27. The monoisotopic (exact) mass is 300 g/mol. The molecule has 0 saturated carbocycles. The van der Waals surface area contributed by atoms with Gasteiger partial charge in [0.25, 0.3) is 0 Å². The number of carbonyl (C=O) groups is 1. The van der Waals surface area contributed by atoms with Crippen LogP contribution < -0.4 is 10.6 Å². The molecular weight excluding hydrogens is 279 g/mol. The van der Waals surface area contributed by atoms with Crippen molar-refractivity contribution in [1.29, 1.82) is 0 Å². The van der Waals surface area contributed by atoms with Crippen molar-refractivity contribution in [3.05, 3.63) is 59.9 Å². The molecule has 0 bridgehead atoms. The third-order valence-electron chi connectivity index (χ3n) is 3.19. The predicted molar refractivity (Wildman–Crippen MR) is 88.3 cm³/mol. The second kappa shape index (κ2) is 6.60. The van der Waals surface area contributed by atoms with E-state index >= 15 is 0 Å². The molecule has 0 aromatic heterocycles. The van der Waals surface area contributed by atoms with Crippen LogP contribution >= 0.6 is 0 Å². The maximum Gasteiger partial charge on any atom is 0.229 e. The first-order chi connectivity index (χ1) is 10.3. The average Bonchev–Trinajstić information content (AvgIpc) is 2.45. The molecule has 0 spiro atoms. The van der Waals surface area contributed by atoms with Crippen LogP contribution in [0.2, 0.25) is 0 Å². The van der Waals surface area contributed by atoms with Gasteiger partial charge in [-0.05, 0) is 35.9 Å². The Hall–Kier alpha value is -2.36. The van der Waals surface area contributed by atoms with Crippen LogP contribution in [0.25, 0.3) is 0 Å². The summed E-state index contributed by atoms with van der Waals surface area (Å²) in [6, 6.07) is 14.0. The number of benzene rings is 2. The van der Waals surface area contributed by atoms with Crippen molar-refractivity contribution in [1.82, 2.24) is 0 Å². The highest BCUT2D eigenvalue weighted by Gasteiger charge is 2.21. The van der Waals surface area contributed by atoms with Gasteiger partial charge in [0.1, 0.15) is 5.82 Å². The molecular formula is C18H21FN2O. The number of rotatable bonds is 4. The topological polar surface area (TPSA) is 41.1 Å². The SMILES string of the molecule is CC(C)(C)C(=O)Nc1cccc(NCc2cccc(F)c2)c1. The molecule has 2 rings (SSSR count). The van der Waals surface area contributed by atoms with E-state index in [0.29, 0.717) is 6.54 Å². The maximum atomic E-state index is 13.1. The summed E-state index contributed by atoms with van der Waals surface area (Å²) in [5.74, 6) is -0.278. The summed E-state index contributed by atoms with van der Waals surface area (Å²) in [4.78, 5) is 12.0. The fraction of sp³-hybridized carbons (Fsp3) is 0.278. The van der Waals surface area contributed by atoms with Gasteiger partial charge in [-0.15, -0.1) is 0 Å². The molecule has 4 heteroatoms. The quantitative estimate of drug-likeness (QED) is 0.877. The minimum atomic E-state index is -0.439. The van der Waals surface area contributed by atoms with Gasteiger partial charge in [-0.2, -0.15) is 0 Å². The van der Waals surface area contributed by atoms with Crippen LogP contribution in [-0.4, -0.2) is 5.91 Å². The smallest absolute Gasteiger partial charge is 0.229 e. The molecule has 0 heterocycles. The Labute approximate surface area is 130 Å². The minimum absolute atomic E-state index is 0.0326. The van der Waals surface area contributed by atoms with Gasteiger partial charge >= 0.3 is 0 Å². The Morgan fingerprint density at radius 3 is 2.41 bits per heavy atom. The molecule has 0 saturated heterocycles. The van der Waals surface area contributed by atoms with E-state index in [1.54, 1.807) is 6.07 Å². The first-order valence-electron chi connectivity index (χ1n) is 7.24. The van der Waals surface area contributed by atoms with Gasteiger partial charge in [0.15, 0.2) is 0 Å². The molecule has 0 radical (unpaired) electrons. The molecule has 0 unspecified atom stereocenters. The van der Waals surface area contributed by atoms with Crippen LogP contribution in [0.3, 0.4) is 0 Å². The molecule has 1 amide bonds. The number of anilines is 2. The molecule has 0 aliphatic rings. The van der Waals surface area contributed by atoms with Crippen LogP contribution in [0.15, 0.2) is 48.5 Å². The first-order valence-corrected chi connectivity index (χ1v) is 7.24. The third kappa shape index (κ3) is 4.58. The number of carbonyl (C=O) groups excluding carboxylic acids is 1. The van der Waals surface area contributed by atoms with Gasteiger partial charge in [0.05, 0.1) is 0 Å². The summed E-state index contributed by atoms with van der Waals surface area (Å²) in [5.41, 5.74) is 2.04. The highest BCUT2D eigenvalue weighted by molar-refractivity contribution is 5.94. The number of nitrogens with one attached hydrogen (secondary N) is 2. The van der Waals surface area contributed by atoms with Crippen molar-refractivity contribution in [3.8, 4) is 0 Å². The van der Waals surface area contributed by atoms with Gasteiger partial charge in [-0.1, -0.05) is 39.0 Å².